The molecule has 1 saturated heterocycles. The van der Waals surface area contributed by atoms with Crippen molar-refractivity contribution in [1.82, 2.24) is 10.3 Å². The molecule has 1 aliphatic rings. The SMILES string of the molecule is CC(C(=O)Nc1cccc2ncccc12)=C1CNC1. The van der Waals surface area contributed by atoms with Crippen molar-refractivity contribution in [2.45, 2.75) is 6.92 Å². The monoisotopic (exact) mass is 253 g/mol. The van der Waals surface area contributed by atoms with Crippen molar-refractivity contribution in [3.63, 3.8) is 0 Å². The smallest absolute Gasteiger partial charge is 0.251 e. The number of pyridine rings is 1. The van der Waals surface area contributed by atoms with E-state index in [0.29, 0.717) is 0 Å². The quantitative estimate of drug-likeness (QED) is 0.806. The van der Waals surface area contributed by atoms with E-state index in [4.69, 9.17) is 0 Å². The van der Waals surface area contributed by atoms with Crippen LogP contribution in [0.25, 0.3) is 10.9 Å². The Labute approximate surface area is 111 Å². The van der Waals surface area contributed by atoms with E-state index >= 15 is 0 Å². The molecule has 0 bridgehead atoms. The highest BCUT2D eigenvalue weighted by Gasteiger charge is 2.16. The van der Waals surface area contributed by atoms with Gasteiger partial charge in [-0.1, -0.05) is 6.07 Å². The van der Waals surface area contributed by atoms with Gasteiger partial charge in [-0.05, 0) is 36.8 Å². The molecule has 1 fully saturated rings. The molecule has 1 amide bonds. The first-order valence-corrected chi connectivity index (χ1v) is 6.30. The molecule has 2 aromatic rings. The van der Waals surface area contributed by atoms with E-state index in [1.54, 1.807) is 6.20 Å². The van der Waals surface area contributed by atoms with Crippen LogP contribution in [0.3, 0.4) is 0 Å². The van der Waals surface area contributed by atoms with Gasteiger partial charge in [-0.25, -0.2) is 0 Å². The topological polar surface area (TPSA) is 54.0 Å². The largest absolute Gasteiger partial charge is 0.322 e. The van der Waals surface area contributed by atoms with Crippen LogP contribution >= 0.6 is 0 Å². The van der Waals surface area contributed by atoms with Gasteiger partial charge in [-0.15, -0.1) is 0 Å². The number of hydrogen-bond acceptors (Lipinski definition) is 3. The van der Waals surface area contributed by atoms with Crippen molar-refractivity contribution < 1.29 is 4.79 Å². The number of carbonyl (C=O) groups excluding carboxylic acids is 1. The fourth-order valence-corrected chi connectivity index (χ4v) is 2.10. The van der Waals surface area contributed by atoms with Crippen molar-refractivity contribution in [1.29, 1.82) is 0 Å². The molecule has 0 unspecified atom stereocenters. The summed E-state index contributed by atoms with van der Waals surface area (Å²) in [5.74, 6) is -0.0344. The summed E-state index contributed by atoms with van der Waals surface area (Å²) in [5.41, 5.74) is 3.68. The normalized spacial score (nSPS) is 14.1. The number of nitrogens with zero attached hydrogens (tertiary/aromatic N) is 1. The van der Waals surface area contributed by atoms with Crippen LogP contribution in [0.2, 0.25) is 0 Å². The van der Waals surface area contributed by atoms with Crippen LogP contribution in [-0.4, -0.2) is 24.0 Å². The minimum Gasteiger partial charge on any atom is -0.322 e. The maximum atomic E-state index is 12.2. The first kappa shape index (κ1) is 11.9. The molecule has 0 atom stereocenters. The Morgan fingerprint density at radius 2 is 2.11 bits per heavy atom. The summed E-state index contributed by atoms with van der Waals surface area (Å²) in [6, 6.07) is 9.58. The van der Waals surface area contributed by atoms with Crippen LogP contribution < -0.4 is 10.6 Å². The van der Waals surface area contributed by atoms with Crippen molar-refractivity contribution in [2.75, 3.05) is 18.4 Å². The average Bonchev–Trinajstić information content (AvgIpc) is 2.37. The van der Waals surface area contributed by atoms with Crippen molar-refractivity contribution in [3.05, 3.63) is 47.7 Å². The van der Waals surface area contributed by atoms with Gasteiger partial charge < -0.3 is 10.6 Å². The van der Waals surface area contributed by atoms with Gasteiger partial charge in [0.15, 0.2) is 0 Å². The van der Waals surface area contributed by atoms with Crippen molar-refractivity contribution in [2.24, 2.45) is 0 Å². The van der Waals surface area contributed by atoms with E-state index in [1.165, 1.54) is 5.57 Å². The standard InChI is InChI=1S/C15H15N3O/c1-10(11-8-16-9-11)15(19)18-14-6-2-5-13-12(14)4-3-7-17-13/h2-7,16H,8-9H2,1H3,(H,18,19). The lowest BCUT2D eigenvalue weighted by Gasteiger charge is -2.21. The van der Waals surface area contributed by atoms with Gasteiger partial charge >= 0.3 is 0 Å². The highest BCUT2D eigenvalue weighted by atomic mass is 16.1. The summed E-state index contributed by atoms with van der Waals surface area (Å²) >= 11 is 0. The lowest BCUT2D eigenvalue weighted by atomic mass is 10.0. The van der Waals surface area contributed by atoms with Crippen LogP contribution in [0.1, 0.15) is 6.92 Å². The molecule has 0 aliphatic carbocycles. The van der Waals surface area contributed by atoms with Crippen molar-refractivity contribution in [3.8, 4) is 0 Å². The molecule has 4 heteroatoms. The highest BCUT2D eigenvalue weighted by Crippen LogP contribution is 2.22. The third kappa shape index (κ3) is 2.22. The molecule has 1 aromatic carbocycles. The van der Waals surface area contributed by atoms with Crippen LogP contribution in [0.4, 0.5) is 5.69 Å². The number of benzene rings is 1. The second kappa shape index (κ2) is 4.82. The summed E-state index contributed by atoms with van der Waals surface area (Å²) < 4.78 is 0. The molecule has 0 spiro atoms. The summed E-state index contributed by atoms with van der Waals surface area (Å²) in [6.45, 7) is 3.50. The molecular formula is C15H15N3O. The highest BCUT2D eigenvalue weighted by molar-refractivity contribution is 6.08. The molecule has 1 aromatic heterocycles. The molecule has 2 N–H and O–H groups in total. The Morgan fingerprint density at radius 3 is 2.84 bits per heavy atom. The molecular weight excluding hydrogens is 238 g/mol. The Morgan fingerprint density at radius 1 is 1.26 bits per heavy atom. The zero-order valence-corrected chi connectivity index (χ0v) is 10.7. The van der Waals surface area contributed by atoms with Gasteiger partial charge in [0.1, 0.15) is 0 Å². The first-order valence-electron chi connectivity index (χ1n) is 6.30. The molecule has 0 saturated carbocycles. The predicted molar refractivity (Wildman–Crippen MR) is 75.9 cm³/mol. The number of aromatic nitrogens is 1. The lowest BCUT2D eigenvalue weighted by Crippen LogP contribution is -2.36. The van der Waals surface area contributed by atoms with Gasteiger partial charge in [0.2, 0.25) is 0 Å². The van der Waals surface area contributed by atoms with Gasteiger partial charge in [0.05, 0.1) is 11.2 Å². The predicted octanol–water partition coefficient (Wildman–Crippen LogP) is 2.09. The van der Waals surface area contributed by atoms with Gasteiger partial charge in [0.25, 0.3) is 5.91 Å². The minimum atomic E-state index is -0.0344. The number of amides is 1. The van der Waals surface area contributed by atoms with E-state index in [1.807, 2.05) is 37.3 Å². The second-order valence-electron chi connectivity index (χ2n) is 4.66. The molecule has 2 heterocycles. The third-order valence-corrected chi connectivity index (χ3v) is 3.44. The van der Waals surface area contributed by atoms with Crippen molar-refractivity contribution >= 4 is 22.5 Å². The minimum absolute atomic E-state index is 0.0344. The zero-order chi connectivity index (χ0) is 13.2. The Balaban J connectivity index is 1.91. The first-order chi connectivity index (χ1) is 9.25. The summed E-state index contributed by atoms with van der Waals surface area (Å²) in [5, 5.41) is 7.07. The van der Waals surface area contributed by atoms with Crippen LogP contribution in [0.15, 0.2) is 47.7 Å². The number of rotatable bonds is 2. The third-order valence-electron chi connectivity index (χ3n) is 3.44. The van der Waals surface area contributed by atoms with E-state index in [2.05, 4.69) is 15.6 Å². The van der Waals surface area contributed by atoms with E-state index < -0.39 is 0 Å². The van der Waals surface area contributed by atoms with Crippen LogP contribution in [0.5, 0.6) is 0 Å². The maximum absolute atomic E-state index is 12.2. The lowest BCUT2D eigenvalue weighted by molar-refractivity contribution is -0.112. The number of fused-ring (bicyclic) bond motifs is 1. The van der Waals surface area contributed by atoms with Crippen LogP contribution in [-0.2, 0) is 4.79 Å². The zero-order valence-electron chi connectivity index (χ0n) is 10.7. The Kier molecular flexibility index (Phi) is 3.01. The molecule has 3 rings (SSSR count). The molecule has 4 nitrogen and oxygen atoms in total. The number of anilines is 1. The van der Waals surface area contributed by atoms with E-state index in [-0.39, 0.29) is 5.91 Å². The molecule has 96 valence electrons. The summed E-state index contributed by atoms with van der Waals surface area (Å²) in [7, 11) is 0. The van der Waals surface area contributed by atoms with E-state index in [0.717, 1.165) is 35.3 Å². The van der Waals surface area contributed by atoms with E-state index in [9.17, 15) is 4.79 Å². The Hall–Kier alpha value is -2.20. The molecule has 19 heavy (non-hydrogen) atoms. The van der Waals surface area contributed by atoms with Gasteiger partial charge in [-0.3, -0.25) is 9.78 Å². The fourth-order valence-electron chi connectivity index (χ4n) is 2.10. The number of carbonyl (C=O) groups is 1. The second-order valence-corrected chi connectivity index (χ2v) is 4.66. The summed E-state index contributed by atoms with van der Waals surface area (Å²) in [4.78, 5) is 16.5. The number of nitrogens with one attached hydrogen (secondary N) is 2. The fraction of sp³-hybridized carbons (Fsp3) is 0.200. The molecule has 1 aliphatic heterocycles. The van der Waals surface area contributed by atoms with Gasteiger partial charge in [-0.2, -0.15) is 0 Å². The summed E-state index contributed by atoms with van der Waals surface area (Å²) in [6.07, 6.45) is 1.75. The number of hydrogen-bond donors (Lipinski definition) is 2. The Bertz CT molecular complexity index is 665. The average molecular weight is 253 g/mol. The maximum Gasteiger partial charge on any atom is 0.251 e. The van der Waals surface area contributed by atoms with Crippen LogP contribution in [0, 0.1) is 0 Å². The molecule has 0 radical (unpaired) electrons. The van der Waals surface area contributed by atoms with Gasteiger partial charge in [0, 0.05) is 30.2 Å².